The van der Waals surface area contributed by atoms with Gasteiger partial charge in [0.05, 0.1) is 11.0 Å². The van der Waals surface area contributed by atoms with Crippen LogP contribution < -0.4 is 5.32 Å². The average Bonchev–Trinajstić information content (AvgIpc) is 2.47. The highest BCUT2D eigenvalue weighted by atomic mass is 35.5. The molecule has 0 fully saturated rings. The lowest BCUT2D eigenvalue weighted by atomic mass is 10.1. The molecule has 2 aromatic carbocycles. The molecule has 21 heavy (non-hydrogen) atoms. The third-order valence-corrected chi connectivity index (χ3v) is 3.23. The van der Waals surface area contributed by atoms with Crippen LogP contribution in [0.15, 0.2) is 48.5 Å². The Morgan fingerprint density at radius 3 is 2.62 bits per heavy atom. The predicted molar refractivity (Wildman–Crippen MR) is 82.7 cm³/mol. The first-order chi connectivity index (χ1) is 10.1. The van der Waals surface area contributed by atoms with Gasteiger partial charge in [-0.15, -0.1) is 0 Å². The van der Waals surface area contributed by atoms with E-state index in [0.717, 1.165) is 5.56 Å². The molecule has 2 N–H and O–H groups in total. The zero-order chi connectivity index (χ0) is 15.2. The second kappa shape index (κ2) is 7.06. The molecule has 1 unspecified atom stereocenters. The lowest BCUT2D eigenvalue weighted by molar-refractivity contribution is -0.383. The van der Waals surface area contributed by atoms with Crippen LogP contribution in [0.1, 0.15) is 5.56 Å². The molecular formula is C15H15ClN2O3. The molecule has 0 aliphatic carbocycles. The third-order valence-electron chi connectivity index (χ3n) is 3.00. The zero-order valence-electron chi connectivity index (χ0n) is 11.2. The van der Waals surface area contributed by atoms with Crippen LogP contribution in [-0.2, 0) is 6.42 Å². The maximum Gasteiger partial charge on any atom is 0.293 e. The molecule has 0 amide bonds. The van der Waals surface area contributed by atoms with Crippen LogP contribution in [0.25, 0.3) is 0 Å². The maximum absolute atomic E-state index is 11.0. The average molecular weight is 307 g/mol. The number of benzene rings is 2. The highest BCUT2D eigenvalue weighted by Gasteiger charge is 2.15. The number of nitrogens with one attached hydrogen (secondary N) is 1. The van der Waals surface area contributed by atoms with Crippen molar-refractivity contribution in [2.24, 2.45) is 0 Å². The van der Waals surface area contributed by atoms with E-state index in [1.54, 1.807) is 6.07 Å². The summed E-state index contributed by atoms with van der Waals surface area (Å²) in [5.41, 5.74) is 1.25. The first-order valence-corrected chi connectivity index (χ1v) is 6.84. The van der Waals surface area contributed by atoms with Crippen molar-refractivity contribution in [3.8, 4) is 0 Å². The van der Waals surface area contributed by atoms with Gasteiger partial charge in [0.25, 0.3) is 5.69 Å². The first-order valence-electron chi connectivity index (χ1n) is 6.46. The minimum Gasteiger partial charge on any atom is -0.391 e. The van der Waals surface area contributed by atoms with E-state index in [-0.39, 0.29) is 12.2 Å². The smallest absolute Gasteiger partial charge is 0.293 e. The molecule has 0 radical (unpaired) electrons. The van der Waals surface area contributed by atoms with Crippen molar-refractivity contribution in [3.63, 3.8) is 0 Å². The Kier molecular flexibility index (Phi) is 5.14. The second-order valence-corrected chi connectivity index (χ2v) is 5.08. The number of nitrogens with zero attached hydrogens (tertiary/aromatic N) is 1. The monoisotopic (exact) mass is 306 g/mol. The van der Waals surface area contributed by atoms with Crippen molar-refractivity contribution in [2.75, 3.05) is 11.9 Å². The van der Waals surface area contributed by atoms with Gasteiger partial charge in [-0.3, -0.25) is 10.1 Å². The first kappa shape index (κ1) is 15.3. The van der Waals surface area contributed by atoms with Gasteiger partial charge in [-0.2, -0.15) is 0 Å². The molecule has 0 saturated heterocycles. The van der Waals surface area contributed by atoms with E-state index >= 15 is 0 Å². The summed E-state index contributed by atoms with van der Waals surface area (Å²) in [6, 6.07) is 14.0. The number of halogens is 1. The lowest BCUT2D eigenvalue weighted by Crippen LogP contribution is -2.22. The minimum atomic E-state index is -0.636. The predicted octanol–water partition coefficient (Wildman–Crippen LogP) is 3.26. The molecule has 0 heterocycles. The molecule has 0 bridgehead atoms. The Labute approximate surface area is 127 Å². The Morgan fingerprint density at radius 1 is 1.24 bits per heavy atom. The normalized spacial score (nSPS) is 11.9. The van der Waals surface area contributed by atoms with Crippen molar-refractivity contribution in [3.05, 3.63) is 69.2 Å². The molecule has 0 saturated carbocycles. The summed E-state index contributed by atoms with van der Waals surface area (Å²) in [6.45, 7) is 0.220. The van der Waals surface area contributed by atoms with Crippen LogP contribution in [0.2, 0.25) is 5.02 Å². The van der Waals surface area contributed by atoms with Crippen LogP contribution in [-0.4, -0.2) is 22.7 Å². The highest BCUT2D eigenvalue weighted by molar-refractivity contribution is 6.30. The van der Waals surface area contributed by atoms with E-state index in [1.807, 2.05) is 30.3 Å². The molecule has 0 aromatic heterocycles. The number of aliphatic hydroxyl groups is 1. The Bertz CT molecular complexity index is 620. The van der Waals surface area contributed by atoms with Crippen LogP contribution >= 0.6 is 11.6 Å². The van der Waals surface area contributed by atoms with Gasteiger partial charge >= 0.3 is 0 Å². The fourth-order valence-electron chi connectivity index (χ4n) is 1.99. The van der Waals surface area contributed by atoms with Crippen LogP contribution in [0.4, 0.5) is 11.4 Å². The molecule has 1 atom stereocenters. The molecule has 2 aromatic rings. The molecular weight excluding hydrogens is 292 g/mol. The Balaban J connectivity index is 1.98. The summed E-state index contributed by atoms with van der Waals surface area (Å²) in [6.07, 6.45) is -0.155. The number of nitro groups is 1. The van der Waals surface area contributed by atoms with E-state index in [1.165, 1.54) is 12.1 Å². The molecule has 0 aliphatic heterocycles. The minimum absolute atomic E-state index is 0.102. The fraction of sp³-hybridized carbons (Fsp3) is 0.200. The lowest BCUT2D eigenvalue weighted by Gasteiger charge is -2.13. The SMILES string of the molecule is O=[N+]([O-])c1cc(Cl)ccc1NCC(O)Cc1ccccc1. The van der Waals surface area contributed by atoms with Crippen LogP contribution in [0, 0.1) is 10.1 Å². The van der Waals surface area contributed by atoms with Gasteiger partial charge in [0.15, 0.2) is 0 Å². The van der Waals surface area contributed by atoms with Gasteiger partial charge < -0.3 is 10.4 Å². The molecule has 2 rings (SSSR count). The summed E-state index contributed by atoms with van der Waals surface area (Å²) in [5, 5.41) is 24.1. The standard InChI is InChI=1S/C15H15ClN2O3/c16-12-6-7-14(15(9-12)18(20)21)17-10-13(19)8-11-4-2-1-3-5-11/h1-7,9,13,17,19H,8,10H2. The largest absolute Gasteiger partial charge is 0.391 e. The van der Waals surface area contributed by atoms with E-state index in [9.17, 15) is 15.2 Å². The Hall–Kier alpha value is -2.11. The summed E-state index contributed by atoms with van der Waals surface area (Å²) >= 11 is 5.75. The van der Waals surface area contributed by atoms with Crippen molar-refractivity contribution in [1.82, 2.24) is 0 Å². The number of anilines is 1. The third kappa shape index (κ3) is 4.44. The number of aliphatic hydroxyl groups excluding tert-OH is 1. The zero-order valence-corrected chi connectivity index (χ0v) is 12.0. The van der Waals surface area contributed by atoms with Crippen molar-refractivity contribution >= 4 is 23.0 Å². The van der Waals surface area contributed by atoms with Crippen molar-refractivity contribution < 1.29 is 10.0 Å². The van der Waals surface area contributed by atoms with E-state index in [4.69, 9.17) is 11.6 Å². The van der Waals surface area contributed by atoms with Crippen LogP contribution in [0.5, 0.6) is 0 Å². The van der Waals surface area contributed by atoms with Gasteiger partial charge in [-0.25, -0.2) is 0 Å². The molecule has 6 heteroatoms. The molecule has 0 aliphatic rings. The molecule has 5 nitrogen and oxygen atoms in total. The number of hydrogen-bond acceptors (Lipinski definition) is 4. The maximum atomic E-state index is 11.0. The Morgan fingerprint density at radius 2 is 1.95 bits per heavy atom. The van der Waals surface area contributed by atoms with E-state index < -0.39 is 11.0 Å². The van der Waals surface area contributed by atoms with Gasteiger partial charge in [-0.1, -0.05) is 41.9 Å². The highest BCUT2D eigenvalue weighted by Crippen LogP contribution is 2.27. The summed E-state index contributed by atoms with van der Waals surface area (Å²) in [7, 11) is 0. The fourth-order valence-corrected chi connectivity index (χ4v) is 2.16. The topological polar surface area (TPSA) is 75.4 Å². The van der Waals surface area contributed by atoms with Gasteiger partial charge in [0.2, 0.25) is 0 Å². The number of nitro benzene ring substituents is 1. The summed E-state index contributed by atoms with van der Waals surface area (Å²) in [4.78, 5) is 10.5. The molecule has 0 spiro atoms. The van der Waals surface area contributed by atoms with E-state index in [2.05, 4.69) is 5.32 Å². The molecule has 110 valence electrons. The summed E-state index contributed by atoms with van der Waals surface area (Å²) in [5.74, 6) is 0. The van der Waals surface area contributed by atoms with E-state index in [0.29, 0.717) is 17.1 Å². The van der Waals surface area contributed by atoms with Gasteiger partial charge in [-0.05, 0) is 17.7 Å². The number of rotatable bonds is 6. The quantitative estimate of drug-likeness (QED) is 0.634. The van der Waals surface area contributed by atoms with Crippen LogP contribution in [0.3, 0.4) is 0 Å². The summed E-state index contributed by atoms with van der Waals surface area (Å²) < 4.78 is 0. The second-order valence-electron chi connectivity index (χ2n) is 4.64. The van der Waals surface area contributed by atoms with Gasteiger partial charge in [0.1, 0.15) is 5.69 Å². The van der Waals surface area contributed by atoms with Gasteiger partial charge in [0, 0.05) is 24.1 Å². The number of hydrogen-bond donors (Lipinski definition) is 2. The van der Waals surface area contributed by atoms with Crippen molar-refractivity contribution in [2.45, 2.75) is 12.5 Å². The van der Waals surface area contributed by atoms with Crippen molar-refractivity contribution in [1.29, 1.82) is 0 Å².